The fourth-order valence-electron chi connectivity index (χ4n) is 4.17. The van der Waals surface area contributed by atoms with E-state index in [1.807, 2.05) is 18.2 Å². The Labute approximate surface area is 169 Å². The second-order valence-corrected chi connectivity index (χ2v) is 14.0. The Morgan fingerprint density at radius 2 is 1.48 bits per heavy atom. The Hall–Kier alpha value is -1.64. The monoisotopic (exact) mass is 382 g/mol. The molecule has 0 saturated heterocycles. The van der Waals surface area contributed by atoms with Crippen LogP contribution in [0.4, 0.5) is 0 Å². The SMILES string of the molecule is C#Cc1cc(C#C[Si](C(C)C)(C(C)C)C(C)C)cc(OCCCCCC)c1. The Morgan fingerprint density at radius 3 is 2.00 bits per heavy atom. The summed E-state index contributed by atoms with van der Waals surface area (Å²) in [6.45, 7) is 17.0. The molecule has 0 radical (unpaired) electrons. The summed E-state index contributed by atoms with van der Waals surface area (Å²) in [4.78, 5) is 0. The van der Waals surface area contributed by atoms with E-state index in [1.54, 1.807) is 0 Å². The van der Waals surface area contributed by atoms with Gasteiger partial charge in [-0.25, -0.2) is 0 Å². The van der Waals surface area contributed by atoms with Gasteiger partial charge in [-0.1, -0.05) is 79.6 Å². The minimum absolute atomic E-state index is 0.620. The highest BCUT2D eigenvalue weighted by Crippen LogP contribution is 2.40. The molecule has 1 rings (SSSR count). The van der Waals surface area contributed by atoms with Crippen LogP contribution in [0.15, 0.2) is 18.2 Å². The highest BCUT2D eigenvalue weighted by molar-refractivity contribution is 6.90. The lowest BCUT2D eigenvalue weighted by Crippen LogP contribution is -2.43. The largest absolute Gasteiger partial charge is 0.494 e. The minimum Gasteiger partial charge on any atom is -0.494 e. The maximum absolute atomic E-state index is 5.96. The molecule has 0 aliphatic rings. The number of benzene rings is 1. The number of unbranched alkanes of at least 4 members (excludes halogenated alkanes) is 3. The Morgan fingerprint density at radius 1 is 0.889 bits per heavy atom. The van der Waals surface area contributed by atoms with Crippen LogP contribution >= 0.6 is 0 Å². The van der Waals surface area contributed by atoms with Crippen LogP contribution in [-0.2, 0) is 0 Å². The van der Waals surface area contributed by atoms with Gasteiger partial charge in [-0.2, -0.15) is 0 Å². The van der Waals surface area contributed by atoms with Gasteiger partial charge in [0.05, 0.1) is 6.61 Å². The molecule has 0 aliphatic heterocycles. The van der Waals surface area contributed by atoms with Crippen LogP contribution in [-0.4, -0.2) is 14.7 Å². The van der Waals surface area contributed by atoms with E-state index in [9.17, 15) is 0 Å². The Bertz CT molecular complexity index is 661. The number of ether oxygens (including phenoxy) is 1. The van der Waals surface area contributed by atoms with E-state index >= 15 is 0 Å². The van der Waals surface area contributed by atoms with Gasteiger partial charge in [0, 0.05) is 11.1 Å². The first-order valence-corrected chi connectivity index (χ1v) is 12.8. The summed E-state index contributed by atoms with van der Waals surface area (Å²) in [5.41, 5.74) is 7.46. The van der Waals surface area contributed by atoms with Gasteiger partial charge in [0.1, 0.15) is 13.8 Å². The zero-order valence-electron chi connectivity index (χ0n) is 18.5. The van der Waals surface area contributed by atoms with Crippen LogP contribution in [0, 0.1) is 23.8 Å². The fraction of sp³-hybridized carbons (Fsp3) is 0.600. The second kappa shape index (κ2) is 11.3. The number of rotatable bonds is 9. The quantitative estimate of drug-likeness (QED) is 0.249. The summed E-state index contributed by atoms with van der Waals surface area (Å²) in [5, 5.41) is 0. The van der Waals surface area contributed by atoms with Crippen molar-refractivity contribution in [2.45, 2.75) is 90.8 Å². The lowest BCUT2D eigenvalue weighted by molar-refractivity contribution is 0.305. The van der Waals surface area contributed by atoms with Gasteiger partial charge in [-0.3, -0.25) is 0 Å². The van der Waals surface area contributed by atoms with Crippen LogP contribution in [0.2, 0.25) is 16.6 Å². The standard InChI is InChI=1S/C25H38OSi/c1-9-11-12-13-15-26-25-18-23(10-2)17-24(19-25)14-16-27(20(3)4,21(5)6)22(7)8/h2,17-22H,9,11-13,15H2,1,3-8H3. The van der Waals surface area contributed by atoms with Crippen LogP contribution in [0.1, 0.15) is 85.3 Å². The first-order valence-electron chi connectivity index (χ1n) is 10.6. The van der Waals surface area contributed by atoms with Gasteiger partial charge < -0.3 is 4.74 Å². The van der Waals surface area contributed by atoms with Gasteiger partial charge >= 0.3 is 0 Å². The summed E-state index contributed by atoms with van der Waals surface area (Å²) in [5.74, 6) is 7.08. The van der Waals surface area contributed by atoms with Gasteiger partial charge in [-0.15, -0.1) is 12.0 Å². The van der Waals surface area contributed by atoms with Gasteiger partial charge in [0.15, 0.2) is 0 Å². The lowest BCUT2D eigenvalue weighted by Gasteiger charge is -2.38. The summed E-state index contributed by atoms with van der Waals surface area (Å²) in [6.07, 6.45) is 10.5. The zero-order chi connectivity index (χ0) is 20.4. The van der Waals surface area contributed by atoms with Crippen molar-refractivity contribution in [2.24, 2.45) is 0 Å². The summed E-state index contributed by atoms with van der Waals surface area (Å²) in [6, 6.07) is 6.01. The number of hydrogen-bond acceptors (Lipinski definition) is 1. The predicted octanol–water partition coefficient (Wildman–Crippen LogP) is 7.20. The maximum Gasteiger partial charge on any atom is 0.146 e. The minimum atomic E-state index is -1.75. The highest BCUT2D eigenvalue weighted by atomic mass is 28.3. The summed E-state index contributed by atoms with van der Waals surface area (Å²) < 4.78 is 5.96. The normalized spacial score (nSPS) is 11.4. The average Bonchev–Trinajstić information content (AvgIpc) is 2.61. The number of hydrogen-bond donors (Lipinski definition) is 0. The molecule has 0 amide bonds. The fourth-order valence-corrected chi connectivity index (χ4v) is 9.40. The average molecular weight is 383 g/mol. The van der Waals surface area contributed by atoms with E-state index in [2.05, 4.69) is 65.9 Å². The summed E-state index contributed by atoms with van der Waals surface area (Å²) in [7, 11) is -1.75. The van der Waals surface area contributed by atoms with Crippen LogP contribution < -0.4 is 4.74 Å². The molecule has 0 heterocycles. The Kier molecular flexibility index (Phi) is 9.75. The topological polar surface area (TPSA) is 9.23 Å². The molecule has 0 atom stereocenters. The molecule has 0 saturated carbocycles. The molecule has 27 heavy (non-hydrogen) atoms. The second-order valence-electron chi connectivity index (χ2n) is 8.45. The smallest absolute Gasteiger partial charge is 0.146 e. The molecule has 0 unspecified atom stereocenters. The van der Waals surface area contributed by atoms with Crippen molar-refractivity contribution < 1.29 is 4.74 Å². The van der Waals surface area contributed by atoms with Gasteiger partial charge in [0.2, 0.25) is 0 Å². The van der Waals surface area contributed by atoms with Gasteiger partial charge in [-0.05, 0) is 41.2 Å². The summed E-state index contributed by atoms with van der Waals surface area (Å²) >= 11 is 0. The molecule has 0 N–H and O–H groups in total. The molecule has 0 aromatic heterocycles. The molecule has 1 aromatic rings. The van der Waals surface area contributed by atoms with Crippen molar-refractivity contribution in [1.29, 1.82) is 0 Å². The molecule has 0 spiro atoms. The van der Waals surface area contributed by atoms with Gasteiger partial charge in [0.25, 0.3) is 0 Å². The van der Waals surface area contributed by atoms with Crippen molar-refractivity contribution >= 4 is 8.07 Å². The molecule has 1 aromatic carbocycles. The van der Waals surface area contributed by atoms with Crippen molar-refractivity contribution in [3.8, 4) is 29.6 Å². The highest BCUT2D eigenvalue weighted by Gasteiger charge is 2.41. The third kappa shape index (κ3) is 6.48. The molecule has 148 valence electrons. The van der Waals surface area contributed by atoms with E-state index in [4.69, 9.17) is 11.2 Å². The van der Waals surface area contributed by atoms with E-state index in [1.165, 1.54) is 19.3 Å². The third-order valence-electron chi connectivity index (χ3n) is 5.63. The molecular weight excluding hydrogens is 344 g/mol. The zero-order valence-corrected chi connectivity index (χ0v) is 19.5. The third-order valence-corrected chi connectivity index (χ3v) is 11.9. The Balaban J connectivity index is 3.11. The predicted molar refractivity (Wildman–Crippen MR) is 122 cm³/mol. The van der Waals surface area contributed by atoms with Crippen molar-refractivity contribution in [1.82, 2.24) is 0 Å². The first-order chi connectivity index (χ1) is 12.8. The molecule has 1 nitrogen and oxygen atoms in total. The van der Waals surface area contributed by atoms with E-state index < -0.39 is 8.07 Å². The van der Waals surface area contributed by atoms with Crippen molar-refractivity contribution in [3.63, 3.8) is 0 Å². The van der Waals surface area contributed by atoms with E-state index in [0.29, 0.717) is 16.6 Å². The molecule has 0 bridgehead atoms. The molecule has 0 fully saturated rings. The molecule has 0 aliphatic carbocycles. The van der Waals surface area contributed by atoms with Crippen molar-refractivity contribution in [3.05, 3.63) is 29.3 Å². The maximum atomic E-state index is 5.96. The van der Waals surface area contributed by atoms with Crippen LogP contribution in [0.25, 0.3) is 0 Å². The van der Waals surface area contributed by atoms with E-state index in [-0.39, 0.29) is 0 Å². The first kappa shape index (κ1) is 23.4. The van der Waals surface area contributed by atoms with Crippen molar-refractivity contribution in [2.75, 3.05) is 6.61 Å². The van der Waals surface area contributed by atoms with Crippen LogP contribution in [0.5, 0.6) is 5.75 Å². The molecule has 2 heteroatoms. The lowest BCUT2D eigenvalue weighted by atomic mass is 10.1. The number of terminal acetylenes is 1. The molecular formula is C25H38OSi. The van der Waals surface area contributed by atoms with Crippen LogP contribution in [0.3, 0.4) is 0 Å². The van der Waals surface area contributed by atoms with E-state index in [0.717, 1.165) is 29.9 Å².